The monoisotopic (exact) mass is 191 g/mol. The van der Waals surface area contributed by atoms with Gasteiger partial charge in [0.15, 0.2) is 0 Å². The van der Waals surface area contributed by atoms with Crippen LogP contribution in [-0.2, 0) is 9.47 Å². The highest BCUT2D eigenvalue weighted by Crippen LogP contribution is 2.05. The van der Waals surface area contributed by atoms with Crippen LogP contribution in [0.5, 0.6) is 0 Å². The summed E-state index contributed by atoms with van der Waals surface area (Å²) in [5.74, 6) is 0. The summed E-state index contributed by atoms with van der Waals surface area (Å²) >= 11 is 5.01. The van der Waals surface area contributed by atoms with Gasteiger partial charge < -0.3 is 9.47 Å². The Kier molecular flexibility index (Phi) is 9.57. The lowest BCUT2D eigenvalue weighted by molar-refractivity contribution is -0.0651. The minimum Gasteiger partial charge on any atom is -0.355 e. The van der Waals surface area contributed by atoms with Crippen LogP contribution in [0.3, 0.4) is 0 Å². The molecule has 12 heavy (non-hydrogen) atoms. The van der Waals surface area contributed by atoms with Gasteiger partial charge in [-0.25, -0.2) is 0 Å². The third kappa shape index (κ3) is 8.37. The Bertz CT molecular complexity index is 88.6. The highest BCUT2D eigenvalue weighted by molar-refractivity contribution is 7.80. The Balaban J connectivity index is 2.97. The minimum absolute atomic E-state index is 0.0726. The van der Waals surface area contributed by atoms with E-state index in [0.29, 0.717) is 6.79 Å². The van der Waals surface area contributed by atoms with Crippen LogP contribution in [0.1, 0.15) is 39.5 Å². The summed E-state index contributed by atoms with van der Waals surface area (Å²) in [4.78, 5) is 0. The first kappa shape index (κ1) is 12.3. The molecule has 0 saturated heterocycles. The number of unbranched alkanes of at least 4 members (excludes halogenated alkanes) is 1. The first-order chi connectivity index (χ1) is 5.81. The van der Waals surface area contributed by atoms with Crippen LogP contribution >= 0.6 is 12.6 Å². The second kappa shape index (κ2) is 9.36. The molecule has 0 aromatic carbocycles. The molecule has 1 unspecified atom stereocenters. The predicted octanol–water partition coefficient (Wildman–Crippen LogP) is 3.10. The van der Waals surface area contributed by atoms with Gasteiger partial charge in [-0.15, -0.1) is 0 Å². The van der Waals surface area contributed by atoms with Crippen molar-refractivity contribution in [3.8, 4) is 0 Å². The third-order valence-corrected chi connectivity index (χ3v) is 1.88. The highest BCUT2D eigenvalue weighted by atomic mass is 32.1. The summed E-state index contributed by atoms with van der Waals surface area (Å²) in [7, 11) is 0. The van der Waals surface area contributed by atoms with Gasteiger partial charge in [0.05, 0.1) is 0 Å². The van der Waals surface area contributed by atoms with Gasteiger partial charge in [-0.05, 0) is 12.8 Å². The molecular weight excluding hydrogens is 172 g/mol. The molecule has 0 rings (SSSR count). The normalized spacial score (nSPS) is 13.2. The first-order valence-electron chi connectivity index (χ1n) is 4.66. The van der Waals surface area contributed by atoms with E-state index in [1.165, 1.54) is 0 Å². The van der Waals surface area contributed by atoms with Gasteiger partial charge in [-0.2, -0.15) is 0 Å². The molecule has 0 heterocycles. The molecule has 0 aromatic rings. The van der Waals surface area contributed by atoms with Crippen LogP contribution in [0.4, 0.5) is 0 Å². The van der Waals surface area contributed by atoms with E-state index in [1.54, 1.807) is 0 Å². The van der Waals surface area contributed by atoms with Gasteiger partial charge in [0.2, 0.25) is 0 Å². The fraction of sp³-hybridized carbons (Fsp3) is 1.00. The van der Waals surface area contributed by atoms with Crippen molar-refractivity contribution in [2.24, 2.45) is 0 Å². The van der Waals surface area contributed by atoms with Crippen LogP contribution in [-0.4, -0.2) is 18.8 Å². The van der Waals surface area contributed by atoms with Gasteiger partial charge in [0.25, 0.3) is 0 Å². The zero-order valence-corrected chi connectivity index (χ0v) is 8.86. The van der Waals surface area contributed by atoms with E-state index in [1.807, 2.05) is 0 Å². The highest BCUT2D eigenvalue weighted by Gasteiger charge is 2.00. The van der Waals surface area contributed by atoms with E-state index in [9.17, 15) is 0 Å². The van der Waals surface area contributed by atoms with Gasteiger partial charge in [-0.3, -0.25) is 0 Å². The average Bonchev–Trinajstić information content (AvgIpc) is 2.05. The van der Waals surface area contributed by atoms with Crippen LogP contribution in [0.25, 0.3) is 0 Å². The lowest BCUT2D eigenvalue weighted by Crippen LogP contribution is -2.09. The molecule has 0 amide bonds. The van der Waals surface area contributed by atoms with Crippen molar-refractivity contribution in [2.45, 2.75) is 45.0 Å². The van der Waals surface area contributed by atoms with Gasteiger partial charge in [0, 0.05) is 6.61 Å². The Morgan fingerprint density at radius 2 is 2.00 bits per heavy atom. The van der Waals surface area contributed by atoms with Crippen molar-refractivity contribution in [3.05, 3.63) is 0 Å². The molecule has 73 valence electrons. The van der Waals surface area contributed by atoms with E-state index in [4.69, 9.17) is 22.1 Å². The van der Waals surface area contributed by atoms with E-state index in [2.05, 4.69) is 13.8 Å². The standard InChI is InChI=1S/C9H19O2S/c1-3-5-7-10-8-11-9(12)6-4-2/h9H,3-8H2,1-2H3. The van der Waals surface area contributed by atoms with Crippen LogP contribution < -0.4 is 0 Å². The molecule has 0 N–H and O–H groups in total. The molecular formula is C9H19O2S. The van der Waals surface area contributed by atoms with Crippen molar-refractivity contribution < 1.29 is 9.47 Å². The van der Waals surface area contributed by atoms with Crippen molar-refractivity contribution >= 4 is 12.6 Å². The van der Waals surface area contributed by atoms with Crippen LogP contribution in [0.2, 0.25) is 0 Å². The van der Waals surface area contributed by atoms with Crippen molar-refractivity contribution in [2.75, 3.05) is 13.4 Å². The molecule has 0 aliphatic rings. The Labute approximate surface area is 81.0 Å². The van der Waals surface area contributed by atoms with Crippen molar-refractivity contribution in [1.82, 2.24) is 0 Å². The Hall–Kier alpha value is 0.270. The molecule has 2 nitrogen and oxygen atoms in total. The summed E-state index contributed by atoms with van der Waals surface area (Å²) < 4.78 is 10.4. The second-order valence-corrected chi connectivity index (χ2v) is 3.29. The van der Waals surface area contributed by atoms with E-state index in [0.717, 1.165) is 32.3 Å². The van der Waals surface area contributed by atoms with E-state index in [-0.39, 0.29) is 5.44 Å². The summed E-state index contributed by atoms with van der Waals surface area (Å²) in [6.45, 7) is 5.37. The molecule has 0 bridgehead atoms. The molecule has 0 aliphatic heterocycles. The van der Waals surface area contributed by atoms with Crippen molar-refractivity contribution in [1.29, 1.82) is 0 Å². The Morgan fingerprint density at radius 3 is 2.58 bits per heavy atom. The lowest BCUT2D eigenvalue weighted by Gasteiger charge is -2.09. The zero-order valence-electron chi connectivity index (χ0n) is 8.04. The fourth-order valence-corrected chi connectivity index (χ4v) is 1.04. The maximum atomic E-state index is 5.22. The van der Waals surface area contributed by atoms with Gasteiger partial charge in [0.1, 0.15) is 12.2 Å². The quantitative estimate of drug-likeness (QED) is 0.433. The number of hydrogen-bond acceptors (Lipinski definition) is 2. The van der Waals surface area contributed by atoms with Gasteiger partial charge in [-0.1, -0.05) is 39.3 Å². The SMILES string of the molecule is CCCCOCOC([S])CCC. The number of ether oxygens (including phenoxy) is 2. The average molecular weight is 191 g/mol. The first-order valence-corrected chi connectivity index (χ1v) is 5.13. The number of hydrogen-bond donors (Lipinski definition) is 0. The summed E-state index contributed by atoms with van der Waals surface area (Å²) in [5, 5.41) is 0. The maximum absolute atomic E-state index is 5.22. The maximum Gasteiger partial charge on any atom is 0.148 e. The molecule has 0 aliphatic carbocycles. The summed E-state index contributed by atoms with van der Waals surface area (Å²) in [6, 6.07) is 0. The fourth-order valence-electron chi connectivity index (χ4n) is 0.748. The van der Waals surface area contributed by atoms with Gasteiger partial charge >= 0.3 is 0 Å². The largest absolute Gasteiger partial charge is 0.355 e. The second-order valence-electron chi connectivity index (χ2n) is 2.76. The van der Waals surface area contributed by atoms with Crippen LogP contribution in [0.15, 0.2) is 0 Å². The zero-order chi connectivity index (χ0) is 9.23. The lowest BCUT2D eigenvalue weighted by atomic mass is 10.4. The Morgan fingerprint density at radius 1 is 1.25 bits per heavy atom. The molecule has 0 saturated carbocycles. The van der Waals surface area contributed by atoms with E-state index >= 15 is 0 Å². The summed E-state index contributed by atoms with van der Waals surface area (Å²) in [6.07, 6.45) is 4.26. The van der Waals surface area contributed by atoms with Crippen molar-refractivity contribution in [3.63, 3.8) is 0 Å². The predicted molar refractivity (Wildman–Crippen MR) is 53.1 cm³/mol. The third-order valence-electron chi connectivity index (χ3n) is 1.50. The molecule has 1 radical (unpaired) electrons. The molecule has 1 atom stereocenters. The van der Waals surface area contributed by atoms with Crippen LogP contribution in [0, 0.1) is 0 Å². The number of rotatable bonds is 8. The van der Waals surface area contributed by atoms with E-state index < -0.39 is 0 Å². The molecule has 0 fully saturated rings. The molecule has 3 heteroatoms. The molecule has 0 aromatic heterocycles. The topological polar surface area (TPSA) is 18.5 Å². The minimum atomic E-state index is -0.0726. The summed E-state index contributed by atoms with van der Waals surface area (Å²) in [5.41, 5.74) is -0.0726. The molecule has 0 spiro atoms. The smallest absolute Gasteiger partial charge is 0.148 e.